The van der Waals surface area contributed by atoms with Gasteiger partial charge in [-0.25, -0.2) is 4.79 Å². The molecule has 0 spiro atoms. The summed E-state index contributed by atoms with van der Waals surface area (Å²) in [5.74, 6) is -2.28. The molecule has 2 unspecified atom stereocenters. The predicted octanol–water partition coefficient (Wildman–Crippen LogP) is 5.47. The highest BCUT2D eigenvalue weighted by Gasteiger charge is 2.44. The summed E-state index contributed by atoms with van der Waals surface area (Å²) in [4.78, 5) is 30.8. The highest BCUT2D eigenvalue weighted by molar-refractivity contribution is 6.30. The summed E-state index contributed by atoms with van der Waals surface area (Å²) in [6.07, 6.45) is 0. The van der Waals surface area contributed by atoms with Crippen molar-refractivity contribution in [2.45, 2.75) is 72.5 Å². The second-order valence-corrected chi connectivity index (χ2v) is 9.73. The van der Waals surface area contributed by atoms with Gasteiger partial charge in [-0.3, -0.25) is 9.79 Å². The molecule has 5 nitrogen and oxygen atoms in total. The molecule has 0 saturated heterocycles. The number of benzene rings is 1. The van der Waals surface area contributed by atoms with Crippen molar-refractivity contribution in [2.24, 2.45) is 10.9 Å². The molecule has 0 radical (unpaired) electrons. The van der Waals surface area contributed by atoms with E-state index < -0.39 is 35.0 Å². The van der Waals surface area contributed by atoms with Crippen molar-refractivity contribution in [3.63, 3.8) is 0 Å². The lowest BCUT2D eigenvalue weighted by molar-refractivity contribution is -0.158. The first-order chi connectivity index (χ1) is 13.2. The van der Waals surface area contributed by atoms with Gasteiger partial charge in [-0.2, -0.15) is 0 Å². The van der Waals surface area contributed by atoms with Crippen LogP contribution in [0.2, 0.25) is 5.02 Å². The molecular weight excluding hydrogens is 390 g/mol. The van der Waals surface area contributed by atoms with Crippen molar-refractivity contribution >= 4 is 29.3 Å². The molecule has 0 bridgehead atoms. The number of ether oxygens (including phenoxy) is 2. The van der Waals surface area contributed by atoms with E-state index in [1.54, 1.807) is 52.8 Å². The third-order valence-corrected chi connectivity index (χ3v) is 4.55. The van der Waals surface area contributed by atoms with Crippen molar-refractivity contribution in [1.29, 1.82) is 0 Å². The fraction of sp³-hybridized carbons (Fsp3) is 0.522. The highest BCUT2D eigenvalue weighted by atomic mass is 35.5. The quantitative estimate of drug-likeness (QED) is 0.609. The zero-order valence-electron chi connectivity index (χ0n) is 18.4. The maximum Gasteiger partial charge on any atom is 0.337 e. The minimum atomic E-state index is -0.751. The number of allylic oxidation sites excluding steroid dienone is 1. The standard InChI is InChI=1S/C23H30ClNO4/c1-13-17(20(26)28-22(3,4)5)19(15-10-9-11-16(24)12-15)18(14(2)25-13)21(27)29-23(6,7)8/h9-12,17,19H,1-8H3. The van der Waals surface area contributed by atoms with Crippen molar-refractivity contribution in [3.8, 4) is 0 Å². The lowest BCUT2D eigenvalue weighted by Crippen LogP contribution is -2.40. The fourth-order valence-electron chi connectivity index (χ4n) is 3.37. The third-order valence-electron chi connectivity index (χ3n) is 4.32. The summed E-state index contributed by atoms with van der Waals surface area (Å²) in [7, 11) is 0. The van der Waals surface area contributed by atoms with E-state index in [-0.39, 0.29) is 0 Å². The SMILES string of the molecule is CC1=NC(C)=C(C(=O)OC(C)(C)C)C(c2cccc(Cl)c2)C1C(=O)OC(C)(C)C. The Morgan fingerprint density at radius 1 is 1.00 bits per heavy atom. The van der Waals surface area contributed by atoms with Gasteiger partial charge in [-0.05, 0) is 73.1 Å². The Hall–Kier alpha value is -2.14. The maximum absolute atomic E-state index is 13.1. The monoisotopic (exact) mass is 419 g/mol. The molecule has 1 aromatic rings. The minimum Gasteiger partial charge on any atom is -0.459 e. The van der Waals surface area contributed by atoms with Crippen LogP contribution in [0.25, 0.3) is 0 Å². The van der Waals surface area contributed by atoms with E-state index in [9.17, 15) is 9.59 Å². The van der Waals surface area contributed by atoms with Crippen LogP contribution in [-0.4, -0.2) is 28.9 Å². The van der Waals surface area contributed by atoms with Gasteiger partial charge in [0.15, 0.2) is 0 Å². The van der Waals surface area contributed by atoms with Gasteiger partial charge < -0.3 is 9.47 Å². The molecule has 0 aromatic heterocycles. The number of aliphatic imine (C=N–C) groups is 1. The number of carbonyl (C=O) groups excluding carboxylic acids is 2. The molecule has 0 N–H and O–H groups in total. The Bertz CT molecular complexity index is 872. The van der Waals surface area contributed by atoms with Gasteiger partial charge in [0.1, 0.15) is 17.1 Å². The largest absolute Gasteiger partial charge is 0.459 e. The molecule has 2 atom stereocenters. The summed E-state index contributed by atoms with van der Waals surface area (Å²) < 4.78 is 11.3. The van der Waals surface area contributed by atoms with E-state index in [1.807, 2.05) is 26.8 Å². The van der Waals surface area contributed by atoms with Crippen LogP contribution < -0.4 is 0 Å². The van der Waals surface area contributed by atoms with Gasteiger partial charge in [0.2, 0.25) is 0 Å². The predicted molar refractivity (Wildman–Crippen MR) is 115 cm³/mol. The molecule has 1 aliphatic rings. The second-order valence-electron chi connectivity index (χ2n) is 9.30. The van der Waals surface area contributed by atoms with Crippen LogP contribution in [0.4, 0.5) is 0 Å². The number of hydrogen-bond donors (Lipinski definition) is 0. The Morgan fingerprint density at radius 2 is 1.59 bits per heavy atom. The molecule has 0 aliphatic carbocycles. The fourth-order valence-corrected chi connectivity index (χ4v) is 3.56. The number of nitrogens with zero attached hydrogens (tertiary/aromatic N) is 1. The summed E-state index contributed by atoms with van der Waals surface area (Å²) in [6, 6.07) is 7.16. The van der Waals surface area contributed by atoms with Crippen LogP contribution in [0.5, 0.6) is 0 Å². The molecule has 158 valence electrons. The lowest BCUT2D eigenvalue weighted by Gasteiger charge is -2.34. The van der Waals surface area contributed by atoms with E-state index in [1.165, 1.54) is 0 Å². The molecular formula is C23H30ClNO4. The van der Waals surface area contributed by atoms with E-state index in [0.29, 0.717) is 22.0 Å². The molecule has 2 rings (SSSR count). The Morgan fingerprint density at radius 3 is 2.10 bits per heavy atom. The van der Waals surface area contributed by atoms with Crippen molar-refractivity contribution < 1.29 is 19.1 Å². The van der Waals surface area contributed by atoms with Gasteiger partial charge in [-0.15, -0.1) is 0 Å². The van der Waals surface area contributed by atoms with E-state index >= 15 is 0 Å². The van der Waals surface area contributed by atoms with Gasteiger partial charge in [0.05, 0.1) is 5.57 Å². The summed E-state index contributed by atoms with van der Waals surface area (Å²) in [5, 5.41) is 0.520. The summed E-state index contributed by atoms with van der Waals surface area (Å²) in [6.45, 7) is 14.4. The van der Waals surface area contributed by atoms with Crippen LogP contribution in [0.1, 0.15) is 66.9 Å². The van der Waals surface area contributed by atoms with Gasteiger partial charge in [-0.1, -0.05) is 23.7 Å². The molecule has 6 heteroatoms. The van der Waals surface area contributed by atoms with Crippen LogP contribution in [-0.2, 0) is 19.1 Å². The molecule has 0 amide bonds. The Kier molecular flexibility index (Phi) is 6.63. The highest BCUT2D eigenvalue weighted by Crippen LogP contribution is 2.41. The van der Waals surface area contributed by atoms with Crippen molar-refractivity contribution in [2.75, 3.05) is 0 Å². The average Bonchev–Trinajstić information content (AvgIpc) is 2.50. The first-order valence-electron chi connectivity index (χ1n) is 9.67. The normalized spacial score (nSPS) is 20.2. The Balaban J connectivity index is 2.64. The average molecular weight is 420 g/mol. The first kappa shape index (κ1) is 23.1. The smallest absolute Gasteiger partial charge is 0.337 e. The number of carbonyl (C=O) groups is 2. The molecule has 0 fully saturated rings. The van der Waals surface area contributed by atoms with E-state index in [4.69, 9.17) is 21.1 Å². The summed E-state index contributed by atoms with van der Waals surface area (Å²) in [5.41, 5.74) is 0.862. The second kappa shape index (κ2) is 8.31. The van der Waals surface area contributed by atoms with Crippen LogP contribution in [0.3, 0.4) is 0 Å². The number of hydrogen-bond acceptors (Lipinski definition) is 5. The van der Waals surface area contributed by atoms with Gasteiger partial charge in [0, 0.05) is 22.3 Å². The van der Waals surface area contributed by atoms with Crippen LogP contribution in [0.15, 0.2) is 40.5 Å². The molecule has 1 heterocycles. The number of rotatable bonds is 3. The molecule has 0 saturated carbocycles. The van der Waals surface area contributed by atoms with Crippen LogP contribution in [0, 0.1) is 5.92 Å². The molecule has 29 heavy (non-hydrogen) atoms. The number of esters is 2. The Labute approximate surface area is 178 Å². The zero-order chi connectivity index (χ0) is 22.1. The topological polar surface area (TPSA) is 65.0 Å². The van der Waals surface area contributed by atoms with E-state index in [2.05, 4.69) is 4.99 Å². The minimum absolute atomic E-state index is 0.351. The van der Waals surface area contributed by atoms with Crippen LogP contribution >= 0.6 is 11.6 Å². The summed E-state index contributed by atoms with van der Waals surface area (Å²) >= 11 is 6.23. The molecule has 1 aliphatic heterocycles. The maximum atomic E-state index is 13.1. The first-order valence-corrected chi connectivity index (χ1v) is 10.0. The van der Waals surface area contributed by atoms with Gasteiger partial charge in [0.25, 0.3) is 0 Å². The third kappa shape index (κ3) is 5.92. The van der Waals surface area contributed by atoms with Crippen molar-refractivity contribution in [3.05, 3.63) is 46.1 Å². The molecule has 1 aromatic carbocycles. The zero-order valence-corrected chi connectivity index (χ0v) is 19.2. The van der Waals surface area contributed by atoms with Gasteiger partial charge >= 0.3 is 11.9 Å². The lowest BCUT2D eigenvalue weighted by atomic mass is 9.75. The van der Waals surface area contributed by atoms with Crippen molar-refractivity contribution in [1.82, 2.24) is 0 Å². The van der Waals surface area contributed by atoms with E-state index in [0.717, 1.165) is 5.56 Å². The number of halogens is 1.